The van der Waals surface area contributed by atoms with E-state index < -0.39 is 0 Å². The molecule has 0 bridgehead atoms. The topological polar surface area (TPSA) is 64.9 Å². The summed E-state index contributed by atoms with van der Waals surface area (Å²) < 4.78 is 4.96. The fourth-order valence-corrected chi connectivity index (χ4v) is 0.815. The van der Waals surface area contributed by atoms with E-state index in [1.807, 2.05) is 6.92 Å². The van der Waals surface area contributed by atoms with Crippen molar-refractivity contribution in [1.82, 2.24) is 10.1 Å². The van der Waals surface area contributed by atoms with Crippen LogP contribution in [0.4, 0.5) is 0 Å². The van der Waals surface area contributed by atoms with Gasteiger partial charge in [0.2, 0.25) is 5.89 Å². The van der Waals surface area contributed by atoms with Gasteiger partial charge in [-0.1, -0.05) is 19.0 Å². The molecule has 1 rings (SSSR count). The van der Waals surface area contributed by atoms with Gasteiger partial charge in [-0.2, -0.15) is 4.98 Å². The predicted molar refractivity (Wildman–Crippen MR) is 45.6 cm³/mol. The van der Waals surface area contributed by atoms with Gasteiger partial charge in [-0.05, 0) is 13.3 Å². The maximum absolute atomic E-state index is 5.57. The second-order valence-electron chi connectivity index (χ2n) is 3.09. The van der Waals surface area contributed by atoms with Crippen molar-refractivity contribution in [3.05, 3.63) is 11.7 Å². The Morgan fingerprint density at radius 3 is 2.58 bits per heavy atom. The van der Waals surface area contributed by atoms with E-state index in [1.165, 1.54) is 0 Å². The van der Waals surface area contributed by atoms with Gasteiger partial charge in [0.05, 0.1) is 6.04 Å². The summed E-state index contributed by atoms with van der Waals surface area (Å²) in [7, 11) is 0. The van der Waals surface area contributed by atoms with Crippen LogP contribution < -0.4 is 5.73 Å². The first kappa shape index (κ1) is 9.19. The molecule has 4 nitrogen and oxygen atoms in total. The van der Waals surface area contributed by atoms with Gasteiger partial charge in [0.25, 0.3) is 0 Å². The summed E-state index contributed by atoms with van der Waals surface area (Å²) >= 11 is 0. The van der Waals surface area contributed by atoms with Gasteiger partial charge >= 0.3 is 0 Å². The second kappa shape index (κ2) is 3.67. The maximum Gasteiger partial charge on any atom is 0.243 e. The Bertz CT molecular complexity index is 244. The highest BCUT2D eigenvalue weighted by molar-refractivity contribution is 4.95. The minimum absolute atomic E-state index is 0.171. The first-order chi connectivity index (χ1) is 5.65. The van der Waals surface area contributed by atoms with Crippen molar-refractivity contribution in [1.29, 1.82) is 0 Å². The van der Waals surface area contributed by atoms with Crippen molar-refractivity contribution < 1.29 is 4.52 Å². The molecule has 0 aliphatic heterocycles. The third-order valence-corrected chi connectivity index (χ3v) is 1.90. The molecule has 0 fully saturated rings. The summed E-state index contributed by atoms with van der Waals surface area (Å²) in [5.41, 5.74) is 5.57. The summed E-state index contributed by atoms with van der Waals surface area (Å²) in [6, 6.07) is -0.171. The van der Waals surface area contributed by atoms with Gasteiger partial charge < -0.3 is 10.3 Å². The standard InChI is InChI=1S/C8H15N3O/c1-4-5(2)7-10-8(6(3)9)12-11-7/h5-6H,4,9H2,1-3H3/t5?,6-/m0/s1. The Labute approximate surface area is 72.1 Å². The van der Waals surface area contributed by atoms with Gasteiger partial charge in [0.1, 0.15) is 0 Å². The van der Waals surface area contributed by atoms with Crippen molar-refractivity contribution >= 4 is 0 Å². The fraction of sp³-hybridized carbons (Fsp3) is 0.750. The van der Waals surface area contributed by atoms with E-state index in [2.05, 4.69) is 24.0 Å². The van der Waals surface area contributed by atoms with E-state index in [0.29, 0.717) is 11.8 Å². The molecule has 2 N–H and O–H groups in total. The molecular weight excluding hydrogens is 154 g/mol. The van der Waals surface area contributed by atoms with Gasteiger partial charge in [-0.25, -0.2) is 0 Å². The van der Waals surface area contributed by atoms with Crippen LogP contribution in [0, 0.1) is 0 Å². The highest BCUT2D eigenvalue weighted by Gasteiger charge is 2.13. The normalized spacial score (nSPS) is 16.0. The molecule has 2 atom stereocenters. The van der Waals surface area contributed by atoms with E-state index >= 15 is 0 Å². The average molecular weight is 169 g/mol. The molecule has 0 aliphatic rings. The number of hydrogen-bond donors (Lipinski definition) is 1. The Hall–Kier alpha value is -0.900. The van der Waals surface area contributed by atoms with Crippen LogP contribution in [0.15, 0.2) is 4.52 Å². The van der Waals surface area contributed by atoms with Gasteiger partial charge in [-0.3, -0.25) is 0 Å². The molecule has 0 aliphatic carbocycles. The minimum atomic E-state index is -0.171. The predicted octanol–water partition coefficient (Wildman–Crippen LogP) is 1.60. The molecule has 1 heterocycles. The molecule has 1 aromatic rings. The van der Waals surface area contributed by atoms with Gasteiger partial charge in [-0.15, -0.1) is 0 Å². The van der Waals surface area contributed by atoms with Crippen LogP contribution in [0.2, 0.25) is 0 Å². The highest BCUT2D eigenvalue weighted by atomic mass is 16.5. The first-order valence-corrected chi connectivity index (χ1v) is 4.24. The molecule has 0 saturated carbocycles. The van der Waals surface area contributed by atoms with Crippen LogP contribution in [-0.4, -0.2) is 10.1 Å². The molecule has 12 heavy (non-hydrogen) atoms. The van der Waals surface area contributed by atoms with Crippen LogP contribution in [0.1, 0.15) is 50.9 Å². The molecule has 1 aromatic heterocycles. The number of hydrogen-bond acceptors (Lipinski definition) is 4. The van der Waals surface area contributed by atoms with E-state index in [9.17, 15) is 0 Å². The zero-order valence-electron chi connectivity index (χ0n) is 7.74. The van der Waals surface area contributed by atoms with Crippen LogP contribution in [0.25, 0.3) is 0 Å². The Balaban J connectivity index is 2.77. The summed E-state index contributed by atoms with van der Waals surface area (Å²) in [4.78, 5) is 4.18. The maximum atomic E-state index is 5.57. The van der Waals surface area contributed by atoms with Crippen molar-refractivity contribution in [2.24, 2.45) is 5.73 Å². The summed E-state index contributed by atoms with van der Waals surface area (Å²) in [5, 5.41) is 3.84. The summed E-state index contributed by atoms with van der Waals surface area (Å²) in [6.07, 6.45) is 1.01. The van der Waals surface area contributed by atoms with Crippen LogP contribution in [0.3, 0.4) is 0 Å². The van der Waals surface area contributed by atoms with Gasteiger partial charge in [0, 0.05) is 5.92 Å². The first-order valence-electron chi connectivity index (χ1n) is 4.24. The molecule has 68 valence electrons. The van der Waals surface area contributed by atoms with Gasteiger partial charge in [0.15, 0.2) is 5.82 Å². The van der Waals surface area contributed by atoms with E-state index in [4.69, 9.17) is 10.3 Å². The zero-order chi connectivity index (χ0) is 9.14. The number of nitrogens with two attached hydrogens (primary N) is 1. The molecule has 4 heteroatoms. The Kier molecular flexibility index (Phi) is 2.81. The smallest absolute Gasteiger partial charge is 0.243 e. The largest absolute Gasteiger partial charge is 0.338 e. The lowest BCUT2D eigenvalue weighted by molar-refractivity contribution is 0.355. The van der Waals surface area contributed by atoms with Crippen LogP contribution in [0.5, 0.6) is 0 Å². The van der Waals surface area contributed by atoms with Crippen LogP contribution in [-0.2, 0) is 0 Å². The molecule has 0 radical (unpaired) electrons. The molecule has 0 amide bonds. The molecule has 0 aromatic carbocycles. The molecule has 1 unspecified atom stereocenters. The molecule has 0 spiro atoms. The number of nitrogens with zero attached hydrogens (tertiary/aromatic N) is 2. The molecule has 0 saturated heterocycles. The quantitative estimate of drug-likeness (QED) is 0.746. The fourth-order valence-electron chi connectivity index (χ4n) is 0.815. The lowest BCUT2D eigenvalue weighted by Gasteiger charge is -1.99. The Morgan fingerprint density at radius 2 is 2.17 bits per heavy atom. The van der Waals surface area contributed by atoms with Crippen molar-refractivity contribution in [2.75, 3.05) is 0 Å². The van der Waals surface area contributed by atoms with Crippen molar-refractivity contribution in [2.45, 2.75) is 39.2 Å². The van der Waals surface area contributed by atoms with E-state index in [0.717, 1.165) is 12.2 Å². The average Bonchev–Trinajstić information content (AvgIpc) is 2.51. The summed E-state index contributed by atoms with van der Waals surface area (Å²) in [5.74, 6) is 1.62. The van der Waals surface area contributed by atoms with E-state index in [1.54, 1.807) is 0 Å². The lowest BCUT2D eigenvalue weighted by atomic mass is 10.1. The minimum Gasteiger partial charge on any atom is -0.338 e. The number of rotatable bonds is 3. The zero-order valence-corrected chi connectivity index (χ0v) is 7.74. The van der Waals surface area contributed by atoms with Crippen molar-refractivity contribution in [3.8, 4) is 0 Å². The molecular formula is C8H15N3O. The van der Waals surface area contributed by atoms with Crippen LogP contribution >= 0.6 is 0 Å². The monoisotopic (exact) mass is 169 g/mol. The number of aromatic nitrogens is 2. The Morgan fingerprint density at radius 1 is 1.50 bits per heavy atom. The summed E-state index contributed by atoms with van der Waals surface area (Å²) in [6.45, 7) is 5.98. The third kappa shape index (κ3) is 1.82. The third-order valence-electron chi connectivity index (χ3n) is 1.90. The lowest BCUT2D eigenvalue weighted by Crippen LogP contribution is -2.05. The highest BCUT2D eigenvalue weighted by Crippen LogP contribution is 2.16. The second-order valence-corrected chi connectivity index (χ2v) is 3.09. The van der Waals surface area contributed by atoms with Crippen molar-refractivity contribution in [3.63, 3.8) is 0 Å². The SMILES string of the molecule is CCC(C)c1noc([C@H](C)N)n1. The van der Waals surface area contributed by atoms with E-state index in [-0.39, 0.29) is 6.04 Å².